The smallest absolute Gasteiger partial charge is 0.269 e. The standard InChI is InChI=1S/C14H15N3O5S2/c1-3-9(2)13(18)16-14-15-8-12(23-14)24(21,22)11-6-4-10(5-7-11)17(19)20/h4-9H,3H2,1-2H3,(H,15,16,18)/t9-/m0/s1. The average molecular weight is 369 g/mol. The van der Waals surface area contributed by atoms with Crippen LogP contribution in [0.1, 0.15) is 20.3 Å². The molecule has 0 fully saturated rings. The number of nitrogens with zero attached hydrogens (tertiary/aromatic N) is 2. The van der Waals surface area contributed by atoms with E-state index in [1.807, 2.05) is 6.92 Å². The predicted molar refractivity (Wildman–Crippen MR) is 88.7 cm³/mol. The second-order valence-electron chi connectivity index (χ2n) is 5.04. The molecular formula is C14H15N3O5S2. The van der Waals surface area contributed by atoms with Gasteiger partial charge in [-0.2, -0.15) is 0 Å². The number of carbonyl (C=O) groups is 1. The number of amides is 1. The fourth-order valence-electron chi connectivity index (χ4n) is 1.72. The maximum atomic E-state index is 12.5. The van der Waals surface area contributed by atoms with Crippen LogP contribution >= 0.6 is 11.3 Å². The SMILES string of the molecule is CC[C@H](C)C(=O)Nc1ncc(S(=O)(=O)c2ccc([N+](=O)[O-])cc2)s1. The highest BCUT2D eigenvalue weighted by molar-refractivity contribution is 7.93. The van der Waals surface area contributed by atoms with Crippen molar-refractivity contribution >= 4 is 37.9 Å². The van der Waals surface area contributed by atoms with Crippen LogP contribution in [-0.2, 0) is 14.6 Å². The minimum Gasteiger partial charge on any atom is -0.302 e. The number of nitrogens with one attached hydrogen (secondary N) is 1. The highest BCUT2D eigenvalue weighted by Crippen LogP contribution is 2.29. The maximum Gasteiger partial charge on any atom is 0.269 e. The fourth-order valence-corrected chi connectivity index (χ4v) is 4.15. The van der Waals surface area contributed by atoms with Crippen LogP contribution in [0.5, 0.6) is 0 Å². The van der Waals surface area contributed by atoms with Crippen molar-refractivity contribution in [1.29, 1.82) is 0 Å². The van der Waals surface area contributed by atoms with Gasteiger partial charge in [-0.15, -0.1) is 0 Å². The third-order valence-electron chi connectivity index (χ3n) is 3.40. The van der Waals surface area contributed by atoms with Crippen molar-refractivity contribution in [2.45, 2.75) is 29.4 Å². The molecule has 0 radical (unpaired) electrons. The lowest BCUT2D eigenvalue weighted by atomic mass is 10.1. The number of rotatable bonds is 6. The first-order chi connectivity index (χ1) is 11.3. The Morgan fingerprint density at radius 2 is 2.00 bits per heavy atom. The molecule has 1 amide bonds. The topological polar surface area (TPSA) is 119 Å². The van der Waals surface area contributed by atoms with E-state index >= 15 is 0 Å². The summed E-state index contributed by atoms with van der Waals surface area (Å²) < 4.78 is 24.9. The molecule has 0 aliphatic rings. The van der Waals surface area contributed by atoms with Crippen LogP contribution in [0.25, 0.3) is 0 Å². The third kappa shape index (κ3) is 3.77. The minimum absolute atomic E-state index is 0.0456. The molecule has 1 heterocycles. The molecule has 2 aromatic rings. The summed E-state index contributed by atoms with van der Waals surface area (Å²) in [6, 6.07) is 4.59. The zero-order valence-corrected chi connectivity index (χ0v) is 14.6. The molecule has 10 heteroatoms. The van der Waals surface area contributed by atoms with Crippen molar-refractivity contribution < 1.29 is 18.1 Å². The van der Waals surface area contributed by atoms with E-state index < -0.39 is 14.8 Å². The normalized spacial score (nSPS) is 12.6. The Morgan fingerprint density at radius 3 is 2.54 bits per heavy atom. The Kier molecular flexibility index (Phi) is 5.30. The van der Waals surface area contributed by atoms with Gasteiger partial charge in [0.1, 0.15) is 4.21 Å². The lowest BCUT2D eigenvalue weighted by Crippen LogP contribution is -2.19. The highest BCUT2D eigenvalue weighted by atomic mass is 32.2. The molecule has 1 N–H and O–H groups in total. The van der Waals surface area contributed by atoms with Gasteiger partial charge in [0.15, 0.2) is 5.13 Å². The van der Waals surface area contributed by atoms with E-state index in [1.165, 1.54) is 12.1 Å². The van der Waals surface area contributed by atoms with Crippen molar-refractivity contribution in [3.8, 4) is 0 Å². The van der Waals surface area contributed by atoms with E-state index in [9.17, 15) is 23.3 Å². The molecule has 24 heavy (non-hydrogen) atoms. The van der Waals surface area contributed by atoms with E-state index in [4.69, 9.17) is 0 Å². The first-order valence-electron chi connectivity index (χ1n) is 7.02. The second kappa shape index (κ2) is 7.05. The summed E-state index contributed by atoms with van der Waals surface area (Å²) in [5, 5.41) is 13.4. The quantitative estimate of drug-likeness (QED) is 0.617. The van der Waals surface area contributed by atoms with Crippen molar-refractivity contribution in [2.24, 2.45) is 5.92 Å². The fraction of sp³-hybridized carbons (Fsp3) is 0.286. The van der Waals surface area contributed by atoms with Gasteiger partial charge in [-0.25, -0.2) is 13.4 Å². The molecule has 0 unspecified atom stereocenters. The van der Waals surface area contributed by atoms with E-state index in [2.05, 4.69) is 10.3 Å². The largest absolute Gasteiger partial charge is 0.302 e. The summed E-state index contributed by atoms with van der Waals surface area (Å²) >= 11 is 0.836. The van der Waals surface area contributed by atoms with Crippen LogP contribution in [0, 0.1) is 16.0 Å². The summed E-state index contributed by atoms with van der Waals surface area (Å²) in [6.45, 7) is 3.63. The number of benzene rings is 1. The van der Waals surface area contributed by atoms with Crippen LogP contribution in [0.3, 0.4) is 0 Å². The zero-order valence-electron chi connectivity index (χ0n) is 12.9. The number of sulfone groups is 1. The van der Waals surface area contributed by atoms with Crippen LogP contribution in [0.15, 0.2) is 39.6 Å². The Bertz CT molecular complexity index is 859. The average Bonchev–Trinajstić information content (AvgIpc) is 3.03. The molecular weight excluding hydrogens is 354 g/mol. The van der Waals surface area contributed by atoms with E-state index in [1.54, 1.807) is 6.92 Å². The maximum absolute atomic E-state index is 12.5. The lowest BCUT2D eigenvalue weighted by Gasteiger charge is -2.06. The number of thiazole rings is 1. The first kappa shape index (κ1) is 18.0. The molecule has 0 saturated carbocycles. The van der Waals surface area contributed by atoms with Gasteiger partial charge in [0.05, 0.1) is 16.0 Å². The summed E-state index contributed by atoms with van der Waals surface area (Å²) in [6.07, 6.45) is 1.82. The number of non-ortho nitro benzene ring substituents is 1. The monoisotopic (exact) mass is 369 g/mol. The predicted octanol–water partition coefficient (Wildman–Crippen LogP) is 2.87. The Balaban J connectivity index is 2.24. The number of nitro groups is 1. The molecule has 2 rings (SSSR count). The Labute approximate surface area is 142 Å². The lowest BCUT2D eigenvalue weighted by molar-refractivity contribution is -0.384. The van der Waals surface area contributed by atoms with Crippen molar-refractivity contribution in [1.82, 2.24) is 4.98 Å². The molecule has 0 spiro atoms. The molecule has 0 aliphatic heterocycles. The molecule has 0 saturated heterocycles. The minimum atomic E-state index is -3.84. The van der Waals surface area contributed by atoms with Crippen LogP contribution in [-0.4, -0.2) is 24.2 Å². The van der Waals surface area contributed by atoms with Gasteiger partial charge in [-0.1, -0.05) is 25.2 Å². The molecule has 1 aromatic carbocycles. The van der Waals surface area contributed by atoms with Gasteiger partial charge in [-0.05, 0) is 18.6 Å². The molecule has 128 valence electrons. The number of anilines is 1. The van der Waals surface area contributed by atoms with Gasteiger partial charge in [0.25, 0.3) is 5.69 Å². The summed E-state index contributed by atoms with van der Waals surface area (Å²) in [7, 11) is -3.84. The molecule has 0 aliphatic carbocycles. The van der Waals surface area contributed by atoms with Gasteiger partial charge in [0, 0.05) is 18.1 Å². The molecule has 0 bridgehead atoms. The number of carbonyl (C=O) groups excluding carboxylic acids is 1. The third-order valence-corrected chi connectivity index (χ3v) is 6.54. The van der Waals surface area contributed by atoms with Gasteiger partial charge >= 0.3 is 0 Å². The van der Waals surface area contributed by atoms with E-state index in [0.717, 1.165) is 29.7 Å². The van der Waals surface area contributed by atoms with Crippen LogP contribution in [0.4, 0.5) is 10.8 Å². The van der Waals surface area contributed by atoms with Crippen LogP contribution < -0.4 is 5.32 Å². The number of hydrogen-bond acceptors (Lipinski definition) is 7. The molecule has 1 aromatic heterocycles. The van der Waals surface area contributed by atoms with E-state index in [-0.39, 0.29) is 31.7 Å². The van der Waals surface area contributed by atoms with Gasteiger partial charge < -0.3 is 5.32 Å². The first-order valence-corrected chi connectivity index (χ1v) is 9.32. The second-order valence-corrected chi connectivity index (χ2v) is 8.24. The Morgan fingerprint density at radius 1 is 1.38 bits per heavy atom. The highest BCUT2D eigenvalue weighted by Gasteiger charge is 2.23. The van der Waals surface area contributed by atoms with Crippen molar-refractivity contribution in [2.75, 3.05) is 5.32 Å². The summed E-state index contributed by atoms with van der Waals surface area (Å²) in [5.41, 5.74) is -0.195. The van der Waals surface area contributed by atoms with Gasteiger partial charge in [0.2, 0.25) is 15.7 Å². The van der Waals surface area contributed by atoms with Crippen LogP contribution in [0.2, 0.25) is 0 Å². The number of aromatic nitrogens is 1. The van der Waals surface area contributed by atoms with E-state index in [0.29, 0.717) is 6.42 Å². The Hall–Kier alpha value is -2.33. The summed E-state index contributed by atoms with van der Waals surface area (Å²) in [4.78, 5) is 25.7. The zero-order chi connectivity index (χ0) is 17.9. The molecule has 8 nitrogen and oxygen atoms in total. The number of nitro benzene ring substituents is 1. The molecule has 1 atom stereocenters. The van der Waals surface area contributed by atoms with Crippen molar-refractivity contribution in [3.05, 3.63) is 40.6 Å². The summed E-state index contributed by atoms with van der Waals surface area (Å²) in [5.74, 6) is -0.435. The van der Waals surface area contributed by atoms with Gasteiger partial charge in [-0.3, -0.25) is 14.9 Å². The van der Waals surface area contributed by atoms with Crippen molar-refractivity contribution in [3.63, 3.8) is 0 Å². The number of hydrogen-bond donors (Lipinski definition) is 1.